The highest BCUT2D eigenvalue weighted by atomic mass is 14.9. The van der Waals surface area contributed by atoms with E-state index in [9.17, 15) is 0 Å². The summed E-state index contributed by atoms with van der Waals surface area (Å²) in [5.41, 5.74) is 6.50. The second kappa shape index (κ2) is 4.09. The molecule has 1 heterocycles. The molecule has 3 nitrogen and oxygen atoms in total. The molecule has 0 aliphatic carbocycles. The van der Waals surface area contributed by atoms with Gasteiger partial charge in [0.25, 0.3) is 0 Å². The van der Waals surface area contributed by atoms with Gasteiger partial charge in [-0.15, -0.1) is 0 Å². The number of hydrogen-bond donors (Lipinski definition) is 3. The number of rotatable bonds is 4. The largest absolute Gasteiger partial charge is 0.365 e. The van der Waals surface area contributed by atoms with Crippen LogP contribution in [0.4, 0.5) is 0 Å². The van der Waals surface area contributed by atoms with E-state index in [1.807, 2.05) is 12.3 Å². The van der Waals surface area contributed by atoms with Crippen LogP contribution < -0.4 is 11.1 Å². The molecule has 0 saturated carbocycles. The first-order valence-corrected chi connectivity index (χ1v) is 3.46. The molecule has 0 amide bonds. The number of hydrogen-bond acceptors (Lipinski definition) is 2. The van der Waals surface area contributed by atoms with Gasteiger partial charge >= 0.3 is 0 Å². The van der Waals surface area contributed by atoms with Gasteiger partial charge < -0.3 is 16.0 Å². The minimum absolute atomic E-state index is 0.556. The van der Waals surface area contributed by atoms with E-state index in [0.717, 1.165) is 13.0 Å². The SMILES string of the molecule is NCNCCc1ccc[nH]1. The average Bonchev–Trinajstić information content (AvgIpc) is 2.41. The molecule has 0 spiro atoms. The van der Waals surface area contributed by atoms with Crippen LogP contribution in [-0.2, 0) is 6.42 Å². The van der Waals surface area contributed by atoms with Gasteiger partial charge in [-0.25, -0.2) is 0 Å². The monoisotopic (exact) mass is 139 g/mol. The van der Waals surface area contributed by atoms with Gasteiger partial charge in [0.05, 0.1) is 0 Å². The normalized spacial score (nSPS) is 10.1. The van der Waals surface area contributed by atoms with Crippen LogP contribution in [0.15, 0.2) is 18.3 Å². The number of aromatic amines is 1. The smallest absolute Gasteiger partial charge is 0.0428 e. The van der Waals surface area contributed by atoms with E-state index < -0.39 is 0 Å². The zero-order valence-electron chi connectivity index (χ0n) is 5.93. The minimum Gasteiger partial charge on any atom is -0.365 e. The molecule has 0 radical (unpaired) electrons. The predicted molar refractivity (Wildman–Crippen MR) is 41.6 cm³/mol. The summed E-state index contributed by atoms with van der Waals surface area (Å²) in [6.45, 7) is 1.50. The van der Waals surface area contributed by atoms with Crippen molar-refractivity contribution in [2.45, 2.75) is 6.42 Å². The van der Waals surface area contributed by atoms with E-state index in [-0.39, 0.29) is 0 Å². The van der Waals surface area contributed by atoms with Gasteiger partial charge in [0.2, 0.25) is 0 Å². The average molecular weight is 139 g/mol. The Balaban J connectivity index is 2.15. The molecule has 0 fully saturated rings. The van der Waals surface area contributed by atoms with Crippen molar-refractivity contribution < 1.29 is 0 Å². The fraction of sp³-hybridized carbons (Fsp3) is 0.429. The summed E-state index contributed by atoms with van der Waals surface area (Å²) in [5, 5.41) is 3.04. The standard InChI is InChI=1S/C7H13N3/c8-6-9-5-3-7-2-1-4-10-7/h1-2,4,9-10H,3,5-6,8H2. The number of H-pyrrole nitrogens is 1. The molecule has 56 valence electrons. The Kier molecular flexibility index (Phi) is 2.99. The zero-order valence-corrected chi connectivity index (χ0v) is 5.93. The van der Waals surface area contributed by atoms with Crippen LogP contribution in [-0.4, -0.2) is 18.2 Å². The number of nitrogens with one attached hydrogen (secondary N) is 2. The highest BCUT2D eigenvalue weighted by Gasteiger charge is 1.89. The lowest BCUT2D eigenvalue weighted by molar-refractivity contribution is 0.695. The van der Waals surface area contributed by atoms with Gasteiger partial charge in [0.1, 0.15) is 0 Å². The van der Waals surface area contributed by atoms with Crippen molar-refractivity contribution in [2.75, 3.05) is 13.2 Å². The number of nitrogens with two attached hydrogens (primary N) is 1. The molecule has 0 unspecified atom stereocenters. The third kappa shape index (κ3) is 2.21. The summed E-state index contributed by atoms with van der Waals surface area (Å²) < 4.78 is 0. The lowest BCUT2D eigenvalue weighted by Crippen LogP contribution is -2.24. The molecule has 3 heteroatoms. The summed E-state index contributed by atoms with van der Waals surface area (Å²) in [5.74, 6) is 0. The summed E-state index contributed by atoms with van der Waals surface area (Å²) >= 11 is 0. The lowest BCUT2D eigenvalue weighted by atomic mass is 10.3. The molecule has 0 atom stereocenters. The Morgan fingerprint density at radius 2 is 2.50 bits per heavy atom. The van der Waals surface area contributed by atoms with Crippen LogP contribution in [0.25, 0.3) is 0 Å². The Morgan fingerprint density at radius 3 is 3.10 bits per heavy atom. The second-order valence-corrected chi connectivity index (χ2v) is 2.15. The molecule has 0 bridgehead atoms. The first kappa shape index (κ1) is 7.31. The minimum atomic E-state index is 0.556. The molecular weight excluding hydrogens is 126 g/mol. The fourth-order valence-corrected chi connectivity index (χ4v) is 0.848. The van der Waals surface area contributed by atoms with Gasteiger partial charge in [-0.2, -0.15) is 0 Å². The molecule has 1 rings (SSSR count). The molecule has 1 aromatic heterocycles. The van der Waals surface area contributed by atoms with Gasteiger partial charge in [0, 0.05) is 25.1 Å². The van der Waals surface area contributed by atoms with E-state index in [1.54, 1.807) is 0 Å². The Hall–Kier alpha value is -0.800. The van der Waals surface area contributed by atoms with Crippen molar-refractivity contribution in [1.82, 2.24) is 10.3 Å². The van der Waals surface area contributed by atoms with Crippen LogP contribution in [0.1, 0.15) is 5.69 Å². The van der Waals surface area contributed by atoms with Crippen molar-refractivity contribution in [2.24, 2.45) is 5.73 Å². The molecular formula is C7H13N3. The van der Waals surface area contributed by atoms with E-state index in [1.165, 1.54) is 5.69 Å². The molecule has 10 heavy (non-hydrogen) atoms. The molecule has 0 aliphatic heterocycles. The molecule has 4 N–H and O–H groups in total. The summed E-state index contributed by atoms with van der Waals surface area (Å²) in [6.07, 6.45) is 2.95. The van der Waals surface area contributed by atoms with Crippen molar-refractivity contribution in [3.63, 3.8) is 0 Å². The van der Waals surface area contributed by atoms with Crippen LogP contribution in [0.2, 0.25) is 0 Å². The van der Waals surface area contributed by atoms with E-state index in [4.69, 9.17) is 5.73 Å². The van der Waals surface area contributed by atoms with E-state index in [2.05, 4.69) is 16.4 Å². The Labute approximate surface area is 60.6 Å². The summed E-state index contributed by atoms with van der Waals surface area (Å²) in [6, 6.07) is 4.07. The molecule has 0 aromatic carbocycles. The van der Waals surface area contributed by atoms with Crippen molar-refractivity contribution in [3.05, 3.63) is 24.0 Å². The van der Waals surface area contributed by atoms with Crippen molar-refractivity contribution in [1.29, 1.82) is 0 Å². The van der Waals surface area contributed by atoms with Crippen molar-refractivity contribution >= 4 is 0 Å². The Morgan fingerprint density at radius 1 is 1.60 bits per heavy atom. The third-order valence-electron chi connectivity index (χ3n) is 1.38. The van der Waals surface area contributed by atoms with E-state index >= 15 is 0 Å². The summed E-state index contributed by atoms with van der Waals surface area (Å²) in [4.78, 5) is 3.12. The first-order valence-electron chi connectivity index (χ1n) is 3.46. The van der Waals surface area contributed by atoms with Crippen molar-refractivity contribution in [3.8, 4) is 0 Å². The van der Waals surface area contributed by atoms with Gasteiger partial charge in [-0.05, 0) is 18.6 Å². The highest BCUT2D eigenvalue weighted by molar-refractivity contribution is 5.03. The predicted octanol–water partition coefficient (Wildman–Crippen LogP) is 0.0630. The number of aromatic nitrogens is 1. The topological polar surface area (TPSA) is 53.8 Å². The fourth-order valence-electron chi connectivity index (χ4n) is 0.848. The Bertz CT molecular complexity index is 157. The van der Waals surface area contributed by atoms with E-state index in [0.29, 0.717) is 6.67 Å². The van der Waals surface area contributed by atoms with Crippen LogP contribution >= 0.6 is 0 Å². The maximum absolute atomic E-state index is 5.25. The second-order valence-electron chi connectivity index (χ2n) is 2.15. The van der Waals surface area contributed by atoms with Gasteiger partial charge in [-0.1, -0.05) is 0 Å². The molecule has 0 aliphatic rings. The first-order chi connectivity index (χ1) is 4.93. The van der Waals surface area contributed by atoms with Crippen LogP contribution in [0.3, 0.4) is 0 Å². The maximum atomic E-state index is 5.25. The quantitative estimate of drug-likeness (QED) is 0.408. The summed E-state index contributed by atoms with van der Waals surface area (Å²) in [7, 11) is 0. The molecule has 0 saturated heterocycles. The highest BCUT2D eigenvalue weighted by Crippen LogP contribution is 1.93. The van der Waals surface area contributed by atoms with Gasteiger partial charge in [0.15, 0.2) is 0 Å². The molecule has 1 aromatic rings. The lowest BCUT2D eigenvalue weighted by Gasteiger charge is -1.97. The third-order valence-corrected chi connectivity index (χ3v) is 1.38. The van der Waals surface area contributed by atoms with Crippen LogP contribution in [0.5, 0.6) is 0 Å². The van der Waals surface area contributed by atoms with Crippen LogP contribution in [0, 0.1) is 0 Å². The maximum Gasteiger partial charge on any atom is 0.0428 e. The van der Waals surface area contributed by atoms with Gasteiger partial charge in [-0.3, -0.25) is 0 Å². The zero-order chi connectivity index (χ0) is 7.23.